The highest BCUT2D eigenvalue weighted by Gasteiger charge is 2.19. The number of sulfonamides is 2. The van der Waals surface area contributed by atoms with Gasteiger partial charge in [-0.05, 0) is 24.3 Å². The van der Waals surface area contributed by atoms with Gasteiger partial charge in [-0.15, -0.1) is 0 Å². The number of nitro groups is 1. The maximum Gasteiger partial charge on any atom is 0.304 e. The predicted octanol–water partition coefficient (Wildman–Crippen LogP) is 1.74. The Hall–Kier alpha value is -2.68. The Morgan fingerprint density at radius 1 is 0.900 bits per heavy atom. The molecule has 0 unspecified atom stereocenters. The fraction of sp³-hybridized carbons (Fsp3) is 0.250. The van der Waals surface area contributed by atoms with Gasteiger partial charge in [0.25, 0.3) is 0 Å². The Morgan fingerprint density at radius 3 is 1.70 bits per heavy atom. The number of nitrogens with two attached hydrogens (primary N) is 1. The predicted molar refractivity (Wildman–Crippen MR) is 106 cm³/mol. The van der Waals surface area contributed by atoms with E-state index in [0.717, 1.165) is 18.2 Å². The first-order valence-corrected chi connectivity index (χ1v) is 11.3. The summed E-state index contributed by atoms with van der Waals surface area (Å²) in [5, 5.41) is 10.3. The van der Waals surface area contributed by atoms with Crippen molar-refractivity contribution >= 4 is 31.4 Å². The topological polar surface area (TPSA) is 162 Å². The van der Waals surface area contributed by atoms with Crippen molar-refractivity contribution in [3.8, 4) is 0 Å². The normalized spacial score (nSPS) is 11.5. The van der Waals surface area contributed by atoms with Gasteiger partial charge < -0.3 is 5.73 Å². The molecule has 0 radical (unpaired) electrons. The van der Waals surface area contributed by atoms with Gasteiger partial charge in [-0.3, -0.25) is 10.1 Å². The first kappa shape index (κ1) is 25.4. The summed E-state index contributed by atoms with van der Waals surface area (Å²) in [5.41, 5.74) is 4.39. The fourth-order valence-corrected chi connectivity index (χ4v) is 4.13. The highest BCUT2D eigenvalue weighted by atomic mass is 32.2. The average Bonchev–Trinajstić information content (AvgIpc) is 2.64. The van der Waals surface area contributed by atoms with Crippen LogP contribution in [0.5, 0.6) is 0 Å². The quantitative estimate of drug-likeness (QED) is 0.318. The molecule has 0 saturated heterocycles. The standard InChI is InChI=1S/C8H9FN2O4S.C8H11FN2O2S/c1-2-10-16(14,15)6-3-4-8(11(12)13)7(9)5-6;1-2-11-14(12,13)6-3-4-8(10)7(9)5-6/h3-5,10H,2H2,1H3;3-5,11H,2,10H2,1H3. The molecule has 166 valence electrons. The molecule has 2 rings (SSSR count). The number of nitrogen functional groups attached to an aromatic ring is 1. The maximum absolute atomic E-state index is 13.1. The molecule has 10 nitrogen and oxygen atoms in total. The Bertz CT molecular complexity index is 1120. The molecule has 0 atom stereocenters. The van der Waals surface area contributed by atoms with Crippen LogP contribution in [0.25, 0.3) is 0 Å². The summed E-state index contributed by atoms with van der Waals surface area (Å²) in [6.07, 6.45) is 0. The number of nitro benzene ring substituents is 1. The number of nitrogens with one attached hydrogen (secondary N) is 2. The van der Waals surface area contributed by atoms with E-state index in [2.05, 4.69) is 9.44 Å². The Kier molecular flexibility index (Phi) is 8.77. The van der Waals surface area contributed by atoms with Crippen LogP contribution in [-0.4, -0.2) is 34.8 Å². The second kappa shape index (κ2) is 10.4. The summed E-state index contributed by atoms with van der Waals surface area (Å²) in [6, 6.07) is 5.80. The van der Waals surface area contributed by atoms with Crippen LogP contribution >= 0.6 is 0 Å². The van der Waals surface area contributed by atoms with Crippen LogP contribution in [0.3, 0.4) is 0 Å². The highest BCUT2D eigenvalue weighted by molar-refractivity contribution is 7.89. The zero-order chi connectivity index (χ0) is 23.1. The molecule has 30 heavy (non-hydrogen) atoms. The number of nitrogens with zero attached hydrogens (tertiary/aromatic N) is 1. The number of rotatable bonds is 7. The number of hydrogen-bond acceptors (Lipinski definition) is 7. The summed E-state index contributed by atoms with van der Waals surface area (Å²) >= 11 is 0. The molecule has 2 aromatic carbocycles. The van der Waals surface area contributed by atoms with Gasteiger partial charge in [-0.25, -0.2) is 30.7 Å². The zero-order valence-electron chi connectivity index (χ0n) is 15.9. The van der Waals surface area contributed by atoms with Gasteiger partial charge in [0.15, 0.2) is 0 Å². The van der Waals surface area contributed by atoms with Crippen LogP contribution in [0.2, 0.25) is 0 Å². The summed E-state index contributed by atoms with van der Waals surface area (Å²) < 4.78 is 76.1. The van der Waals surface area contributed by atoms with E-state index in [1.807, 2.05) is 0 Å². The van der Waals surface area contributed by atoms with Gasteiger partial charge in [-0.2, -0.15) is 4.39 Å². The molecule has 0 aliphatic heterocycles. The average molecular weight is 466 g/mol. The lowest BCUT2D eigenvalue weighted by Crippen LogP contribution is -2.23. The molecular weight excluding hydrogens is 446 g/mol. The number of halogens is 2. The van der Waals surface area contributed by atoms with E-state index >= 15 is 0 Å². The molecule has 0 aromatic heterocycles. The van der Waals surface area contributed by atoms with Crippen molar-refractivity contribution in [2.45, 2.75) is 23.6 Å². The van der Waals surface area contributed by atoms with E-state index in [1.165, 1.54) is 12.1 Å². The summed E-state index contributed by atoms with van der Waals surface area (Å²) in [5.74, 6) is -1.91. The molecular formula is C16H20F2N4O6S2. The van der Waals surface area contributed by atoms with Crippen molar-refractivity contribution in [1.82, 2.24) is 9.44 Å². The zero-order valence-corrected chi connectivity index (χ0v) is 17.6. The molecule has 0 fully saturated rings. The van der Waals surface area contributed by atoms with E-state index in [4.69, 9.17) is 5.73 Å². The molecule has 2 aromatic rings. The molecule has 0 amide bonds. The SMILES string of the molecule is CCNS(=O)(=O)c1ccc(N)c(F)c1.CCNS(=O)(=O)c1ccc([N+](=O)[O-])c(F)c1. The maximum atomic E-state index is 13.1. The van der Waals surface area contributed by atoms with E-state index in [-0.39, 0.29) is 28.6 Å². The minimum Gasteiger partial charge on any atom is -0.396 e. The monoisotopic (exact) mass is 466 g/mol. The van der Waals surface area contributed by atoms with Crippen LogP contribution < -0.4 is 15.2 Å². The van der Waals surface area contributed by atoms with Crippen LogP contribution in [0.1, 0.15) is 13.8 Å². The first-order chi connectivity index (χ1) is 13.9. The molecule has 0 aliphatic rings. The molecule has 0 aliphatic carbocycles. The van der Waals surface area contributed by atoms with Crippen LogP contribution in [0, 0.1) is 21.7 Å². The largest absolute Gasteiger partial charge is 0.396 e. The van der Waals surface area contributed by atoms with Crippen molar-refractivity contribution in [2.24, 2.45) is 0 Å². The second-order valence-electron chi connectivity index (χ2n) is 5.56. The highest BCUT2D eigenvalue weighted by Crippen LogP contribution is 2.20. The molecule has 0 bridgehead atoms. The minimum atomic E-state index is -3.79. The van der Waals surface area contributed by atoms with Crippen LogP contribution in [0.15, 0.2) is 46.2 Å². The van der Waals surface area contributed by atoms with E-state index in [9.17, 15) is 35.7 Å². The lowest BCUT2D eigenvalue weighted by molar-refractivity contribution is -0.387. The Morgan fingerprint density at radius 2 is 1.33 bits per heavy atom. The summed E-state index contributed by atoms with van der Waals surface area (Å²) in [7, 11) is -7.38. The van der Waals surface area contributed by atoms with Gasteiger partial charge >= 0.3 is 5.69 Å². The molecule has 0 spiro atoms. The Labute approximate surface area is 172 Å². The van der Waals surface area contributed by atoms with E-state index in [0.29, 0.717) is 6.07 Å². The van der Waals surface area contributed by atoms with Crippen LogP contribution in [-0.2, 0) is 20.0 Å². The van der Waals surface area contributed by atoms with E-state index < -0.39 is 42.3 Å². The number of benzene rings is 2. The number of anilines is 1. The van der Waals surface area contributed by atoms with Crippen molar-refractivity contribution in [2.75, 3.05) is 18.8 Å². The first-order valence-electron chi connectivity index (χ1n) is 8.34. The van der Waals surface area contributed by atoms with Gasteiger partial charge in [0.1, 0.15) is 5.82 Å². The minimum absolute atomic E-state index is 0.0690. The van der Waals surface area contributed by atoms with Crippen molar-refractivity contribution in [3.05, 3.63) is 58.1 Å². The van der Waals surface area contributed by atoms with Crippen molar-refractivity contribution in [1.29, 1.82) is 0 Å². The fourth-order valence-electron chi connectivity index (χ4n) is 2.02. The summed E-state index contributed by atoms with van der Waals surface area (Å²) in [4.78, 5) is 8.94. The van der Waals surface area contributed by atoms with Gasteiger partial charge in [-0.1, -0.05) is 13.8 Å². The smallest absolute Gasteiger partial charge is 0.304 e. The summed E-state index contributed by atoms with van der Waals surface area (Å²) in [6.45, 7) is 3.62. The third-order valence-electron chi connectivity index (χ3n) is 3.38. The van der Waals surface area contributed by atoms with Crippen molar-refractivity contribution < 1.29 is 30.5 Å². The third kappa shape index (κ3) is 6.69. The van der Waals surface area contributed by atoms with E-state index in [1.54, 1.807) is 13.8 Å². The van der Waals surface area contributed by atoms with Crippen LogP contribution in [0.4, 0.5) is 20.2 Å². The third-order valence-corrected chi connectivity index (χ3v) is 6.46. The van der Waals surface area contributed by atoms with Gasteiger partial charge in [0.05, 0.1) is 20.4 Å². The van der Waals surface area contributed by atoms with Crippen molar-refractivity contribution in [3.63, 3.8) is 0 Å². The molecule has 0 saturated carbocycles. The molecule has 4 N–H and O–H groups in total. The lowest BCUT2D eigenvalue weighted by atomic mass is 10.3. The molecule has 0 heterocycles. The molecule has 14 heteroatoms. The Balaban J connectivity index is 0.000000303. The lowest BCUT2D eigenvalue weighted by Gasteiger charge is -2.04. The number of hydrogen-bond donors (Lipinski definition) is 3. The van der Waals surface area contributed by atoms with Gasteiger partial charge in [0, 0.05) is 25.2 Å². The second-order valence-corrected chi connectivity index (χ2v) is 9.09. The van der Waals surface area contributed by atoms with Gasteiger partial charge in [0.2, 0.25) is 25.9 Å².